The molecule has 1 atom stereocenters. The second-order valence-corrected chi connectivity index (χ2v) is 7.06. The standard InChI is InChI=1S/C17H23N3O3S/c1-13-4-2-3-5-15(13)23-10-16(21)19-6-8-20(9-7-19)17(22)14-11-24-12-18-14/h2-5,14,18H,6-12H2,1H3. The summed E-state index contributed by atoms with van der Waals surface area (Å²) in [5, 5.41) is 3.20. The molecular formula is C17H23N3O3S. The lowest BCUT2D eigenvalue weighted by molar-refractivity contribution is -0.141. The van der Waals surface area contributed by atoms with E-state index >= 15 is 0 Å². The van der Waals surface area contributed by atoms with Gasteiger partial charge in [-0.15, -0.1) is 11.8 Å². The van der Waals surface area contributed by atoms with Gasteiger partial charge < -0.3 is 14.5 Å². The maximum Gasteiger partial charge on any atom is 0.260 e. The van der Waals surface area contributed by atoms with E-state index in [4.69, 9.17) is 4.74 Å². The van der Waals surface area contributed by atoms with Crippen molar-refractivity contribution in [1.82, 2.24) is 15.1 Å². The molecule has 0 aliphatic carbocycles. The number of thioether (sulfide) groups is 1. The van der Waals surface area contributed by atoms with Gasteiger partial charge in [0.1, 0.15) is 5.75 Å². The highest BCUT2D eigenvalue weighted by Gasteiger charge is 2.30. The second kappa shape index (κ2) is 7.90. The Hall–Kier alpha value is -1.73. The number of hydrogen-bond acceptors (Lipinski definition) is 5. The number of nitrogens with zero attached hydrogens (tertiary/aromatic N) is 2. The van der Waals surface area contributed by atoms with Crippen LogP contribution in [0, 0.1) is 6.92 Å². The lowest BCUT2D eigenvalue weighted by Crippen LogP contribution is -2.55. The average molecular weight is 349 g/mol. The van der Waals surface area contributed by atoms with Crippen molar-refractivity contribution in [1.29, 1.82) is 0 Å². The number of piperazine rings is 1. The first kappa shape index (κ1) is 17.1. The van der Waals surface area contributed by atoms with E-state index in [1.54, 1.807) is 16.7 Å². The van der Waals surface area contributed by atoms with Crippen molar-refractivity contribution < 1.29 is 14.3 Å². The Labute approximate surface area is 146 Å². The first-order valence-electron chi connectivity index (χ1n) is 8.21. The zero-order valence-electron chi connectivity index (χ0n) is 13.9. The Morgan fingerprint density at radius 3 is 2.58 bits per heavy atom. The SMILES string of the molecule is Cc1ccccc1OCC(=O)N1CCN(C(=O)C2CSCN2)CC1. The van der Waals surface area contributed by atoms with Gasteiger partial charge in [0.2, 0.25) is 5.91 Å². The Morgan fingerprint density at radius 1 is 1.21 bits per heavy atom. The fourth-order valence-electron chi connectivity index (χ4n) is 2.90. The lowest BCUT2D eigenvalue weighted by Gasteiger charge is -2.35. The van der Waals surface area contributed by atoms with Crippen LogP contribution in [0.1, 0.15) is 5.56 Å². The van der Waals surface area contributed by atoms with Crippen molar-refractivity contribution >= 4 is 23.6 Å². The predicted molar refractivity (Wildman–Crippen MR) is 94.1 cm³/mol. The Morgan fingerprint density at radius 2 is 1.92 bits per heavy atom. The van der Waals surface area contributed by atoms with E-state index in [9.17, 15) is 9.59 Å². The quantitative estimate of drug-likeness (QED) is 0.867. The van der Waals surface area contributed by atoms with Crippen molar-refractivity contribution in [3.63, 3.8) is 0 Å². The number of carbonyl (C=O) groups excluding carboxylic acids is 2. The molecule has 3 rings (SSSR count). The van der Waals surface area contributed by atoms with Gasteiger partial charge in [-0.3, -0.25) is 14.9 Å². The summed E-state index contributed by atoms with van der Waals surface area (Å²) >= 11 is 1.75. The summed E-state index contributed by atoms with van der Waals surface area (Å²) in [7, 11) is 0. The summed E-state index contributed by atoms with van der Waals surface area (Å²) in [5.41, 5.74) is 1.02. The third-order valence-corrected chi connectivity index (χ3v) is 5.34. The van der Waals surface area contributed by atoms with Gasteiger partial charge in [0.25, 0.3) is 5.91 Å². The molecule has 2 aliphatic rings. The second-order valence-electron chi connectivity index (χ2n) is 6.03. The third kappa shape index (κ3) is 4.02. The predicted octanol–water partition coefficient (Wildman–Crippen LogP) is 0.707. The minimum absolute atomic E-state index is 0.0279. The number of nitrogens with one attached hydrogen (secondary N) is 1. The highest BCUT2D eigenvalue weighted by atomic mass is 32.2. The smallest absolute Gasteiger partial charge is 0.260 e. The van der Waals surface area contributed by atoms with Crippen LogP contribution in [0.2, 0.25) is 0 Å². The van der Waals surface area contributed by atoms with E-state index in [1.807, 2.05) is 36.1 Å². The number of para-hydroxylation sites is 1. The van der Waals surface area contributed by atoms with Crippen LogP contribution in [0.5, 0.6) is 5.75 Å². The molecule has 24 heavy (non-hydrogen) atoms. The van der Waals surface area contributed by atoms with Crippen LogP contribution in [-0.2, 0) is 9.59 Å². The molecule has 7 heteroatoms. The number of amides is 2. The first-order chi connectivity index (χ1) is 11.6. The van der Waals surface area contributed by atoms with Crippen LogP contribution in [0.3, 0.4) is 0 Å². The first-order valence-corrected chi connectivity index (χ1v) is 9.37. The normalized spacial score (nSPS) is 21.0. The fraction of sp³-hybridized carbons (Fsp3) is 0.529. The monoisotopic (exact) mass is 349 g/mol. The average Bonchev–Trinajstić information content (AvgIpc) is 3.15. The lowest BCUT2D eigenvalue weighted by atomic mass is 10.2. The molecule has 2 fully saturated rings. The van der Waals surface area contributed by atoms with Crippen LogP contribution in [0.15, 0.2) is 24.3 Å². The molecule has 130 valence electrons. The molecule has 2 heterocycles. The molecule has 2 saturated heterocycles. The molecule has 0 spiro atoms. The maximum atomic E-state index is 12.3. The van der Waals surface area contributed by atoms with Crippen molar-refractivity contribution in [2.45, 2.75) is 13.0 Å². The number of carbonyl (C=O) groups is 2. The van der Waals surface area contributed by atoms with E-state index < -0.39 is 0 Å². The molecular weight excluding hydrogens is 326 g/mol. The number of rotatable bonds is 4. The summed E-state index contributed by atoms with van der Waals surface area (Å²) in [6, 6.07) is 7.59. The van der Waals surface area contributed by atoms with Crippen molar-refractivity contribution in [3.8, 4) is 5.75 Å². The molecule has 1 aromatic rings. The maximum absolute atomic E-state index is 12.3. The fourth-order valence-corrected chi connectivity index (χ4v) is 3.83. The van der Waals surface area contributed by atoms with Crippen LogP contribution < -0.4 is 10.1 Å². The van der Waals surface area contributed by atoms with E-state index in [2.05, 4.69) is 5.32 Å². The molecule has 0 bridgehead atoms. The van der Waals surface area contributed by atoms with Gasteiger partial charge in [-0.1, -0.05) is 18.2 Å². The summed E-state index contributed by atoms with van der Waals surface area (Å²) in [6.07, 6.45) is 0. The Kier molecular flexibility index (Phi) is 5.63. The van der Waals surface area contributed by atoms with Crippen LogP contribution in [0.4, 0.5) is 0 Å². The zero-order valence-corrected chi connectivity index (χ0v) is 14.7. The number of benzene rings is 1. The molecule has 6 nitrogen and oxygen atoms in total. The summed E-state index contributed by atoms with van der Waals surface area (Å²) < 4.78 is 5.62. The van der Waals surface area contributed by atoms with Crippen LogP contribution >= 0.6 is 11.8 Å². The summed E-state index contributed by atoms with van der Waals surface area (Å²) in [6.45, 7) is 4.33. The van der Waals surface area contributed by atoms with Gasteiger partial charge in [0.05, 0.1) is 6.04 Å². The minimum Gasteiger partial charge on any atom is -0.484 e. The Balaban J connectivity index is 1.45. The van der Waals surface area contributed by atoms with E-state index in [1.165, 1.54) is 0 Å². The van der Waals surface area contributed by atoms with Crippen molar-refractivity contribution in [3.05, 3.63) is 29.8 Å². The molecule has 0 radical (unpaired) electrons. The van der Waals surface area contributed by atoms with Crippen LogP contribution in [-0.4, -0.2) is 72.1 Å². The molecule has 2 amide bonds. The molecule has 1 aromatic carbocycles. The topological polar surface area (TPSA) is 61.9 Å². The van der Waals surface area contributed by atoms with Gasteiger partial charge in [-0.25, -0.2) is 0 Å². The van der Waals surface area contributed by atoms with E-state index in [0.29, 0.717) is 26.2 Å². The number of ether oxygens (including phenoxy) is 1. The van der Waals surface area contributed by atoms with Crippen molar-refractivity contribution in [2.75, 3.05) is 44.4 Å². The molecule has 0 saturated carbocycles. The molecule has 1 N–H and O–H groups in total. The van der Waals surface area contributed by atoms with Gasteiger partial charge in [-0.2, -0.15) is 0 Å². The van der Waals surface area contributed by atoms with E-state index in [-0.39, 0.29) is 24.5 Å². The number of hydrogen-bond donors (Lipinski definition) is 1. The van der Waals surface area contributed by atoms with Gasteiger partial charge in [0, 0.05) is 37.8 Å². The highest BCUT2D eigenvalue weighted by molar-refractivity contribution is 7.99. The van der Waals surface area contributed by atoms with Crippen molar-refractivity contribution in [2.24, 2.45) is 0 Å². The summed E-state index contributed by atoms with van der Waals surface area (Å²) in [5.74, 6) is 2.54. The van der Waals surface area contributed by atoms with E-state index in [0.717, 1.165) is 22.9 Å². The molecule has 2 aliphatic heterocycles. The number of aryl methyl sites for hydroxylation is 1. The van der Waals surface area contributed by atoms with Gasteiger partial charge >= 0.3 is 0 Å². The minimum atomic E-state index is -0.0679. The van der Waals surface area contributed by atoms with Gasteiger partial charge in [-0.05, 0) is 18.6 Å². The molecule has 1 unspecified atom stereocenters. The summed E-state index contributed by atoms with van der Waals surface area (Å²) in [4.78, 5) is 28.3. The zero-order chi connectivity index (χ0) is 16.9. The van der Waals surface area contributed by atoms with Gasteiger partial charge in [0.15, 0.2) is 6.61 Å². The third-order valence-electron chi connectivity index (χ3n) is 4.40. The Bertz CT molecular complexity index is 596. The highest BCUT2D eigenvalue weighted by Crippen LogP contribution is 2.17. The van der Waals surface area contributed by atoms with Crippen LogP contribution in [0.25, 0.3) is 0 Å². The molecule has 0 aromatic heterocycles. The largest absolute Gasteiger partial charge is 0.484 e.